The van der Waals surface area contributed by atoms with Crippen LogP contribution in [0.2, 0.25) is 0 Å². The summed E-state index contributed by atoms with van der Waals surface area (Å²) in [5.41, 5.74) is 2.94. The number of thiazole rings is 1. The zero-order valence-corrected chi connectivity index (χ0v) is 16.8. The smallest absolute Gasteiger partial charge is 0.271 e. The second kappa shape index (κ2) is 6.80. The van der Waals surface area contributed by atoms with Crippen molar-refractivity contribution in [2.45, 2.75) is 77.2 Å². The largest absolute Gasteiger partial charge is 0.350 e. The molecule has 1 N–H and O–H groups in total. The molecule has 140 valence electrons. The van der Waals surface area contributed by atoms with Gasteiger partial charge in [-0.3, -0.25) is 9.48 Å². The van der Waals surface area contributed by atoms with Gasteiger partial charge in [-0.1, -0.05) is 0 Å². The third kappa shape index (κ3) is 3.70. The van der Waals surface area contributed by atoms with Crippen LogP contribution in [-0.2, 0) is 24.8 Å². The van der Waals surface area contributed by atoms with Crippen LogP contribution in [0.4, 0.5) is 0 Å². The van der Waals surface area contributed by atoms with Crippen LogP contribution in [0.15, 0.2) is 6.07 Å². The molecule has 0 radical (unpaired) electrons. The molecule has 2 aromatic rings. The first-order valence-corrected chi connectivity index (χ1v) is 10.6. The van der Waals surface area contributed by atoms with Crippen molar-refractivity contribution in [2.75, 3.05) is 6.54 Å². The molecule has 0 bridgehead atoms. The molecule has 2 aliphatic carbocycles. The maximum Gasteiger partial charge on any atom is 0.271 e. The Bertz CT molecular complexity index is 787. The minimum atomic E-state index is -0.101. The van der Waals surface area contributed by atoms with E-state index in [1.165, 1.54) is 48.4 Å². The predicted molar refractivity (Wildman–Crippen MR) is 104 cm³/mol. The number of rotatable bonds is 5. The zero-order valence-electron chi connectivity index (χ0n) is 16.0. The van der Waals surface area contributed by atoms with Gasteiger partial charge in [-0.15, -0.1) is 11.3 Å². The van der Waals surface area contributed by atoms with Crippen molar-refractivity contribution >= 4 is 17.2 Å². The van der Waals surface area contributed by atoms with Crippen LogP contribution >= 0.6 is 11.3 Å². The van der Waals surface area contributed by atoms with Crippen LogP contribution in [0.1, 0.15) is 84.1 Å². The molecule has 2 heterocycles. The van der Waals surface area contributed by atoms with Crippen molar-refractivity contribution < 1.29 is 4.79 Å². The highest BCUT2D eigenvalue weighted by molar-refractivity contribution is 7.11. The van der Waals surface area contributed by atoms with Crippen LogP contribution in [0, 0.1) is 0 Å². The molecule has 0 spiro atoms. The average molecular weight is 373 g/mol. The van der Waals surface area contributed by atoms with Crippen LogP contribution in [-0.4, -0.2) is 27.2 Å². The summed E-state index contributed by atoms with van der Waals surface area (Å²) in [7, 11) is 0. The van der Waals surface area contributed by atoms with Gasteiger partial charge in [-0.25, -0.2) is 4.98 Å². The van der Waals surface area contributed by atoms with Gasteiger partial charge in [0.05, 0.1) is 16.2 Å². The lowest BCUT2D eigenvalue weighted by Gasteiger charge is -2.22. The zero-order chi connectivity index (χ0) is 18.3. The van der Waals surface area contributed by atoms with Gasteiger partial charge in [0, 0.05) is 29.5 Å². The predicted octanol–water partition coefficient (Wildman–Crippen LogP) is 3.82. The molecular formula is C20H28N4OS. The van der Waals surface area contributed by atoms with Crippen LogP contribution in [0.25, 0.3) is 0 Å². The molecule has 0 atom stereocenters. The number of amides is 1. The highest BCUT2D eigenvalue weighted by atomic mass is 32.1. The SMILES string of the molecule is CC(C)(C)n1nc(C(=O)NCCc2nc3c(s2)CCCC3)cc1C1CC1. The quantitative estimate of drug-likeness (QED) is 0.868. The van der Waals surface area contributed by atoms with Crippen LogP contribution in [0.3, 0.4) is 0 Å². The van der Waals surface area contributed by atoms with Gasteiger partial charge in [0.2, 0.25) is 0 Å². The fourth-order valence-electron chi connectivity index (χ4n) is 3.60. The lowest BCUT2D eigenvalue weighted by Crippen LogP contribution is -2.28. The Balaban J connectivity index is 1.38. The van der Waals surface area contributed by atoms with E-state index in [-0.39, 0.29) is 11.4 Å². The molecule has 5 nitrogen and oxygen atoms in total. The first kappa shape index (κ1) is 17.7. The number of fused-ring (bicyclic) bond motifs is 1. The summed E-state index contributed by atoms with van der Waals surface area (Å²) in [5, 5.41) is 8.79. The van der Waals surface area contributed by atoms with Crippen LogP contribution < -0.4 is 5.32 Å². The summed E-state index contributed by atoms with van der Waals surface area (Å²) in [4.78, 5) is 18.8. The minimum Gasteiger partial charge on any atom is -0.350 e. The van der Waals surface area contributed by atoms with Gasteiger partial charge in [0.25, 0.3) is 5.91 Å². The second-order valence-corrected chi connectivity index (χ2v) is 9.67. The molecule has 2 aliphatic rings. The Hall–Kier alpha value is -1.69. The van der Waals surface area contributed by atoms with Crippen molar-refractivity contribution in [3.63, 3.8) is 0 Å². The Kier molecular flexibility index (Phi) is 4.63. The van der Waals surface area contributed by atoms with Gasteiger partial charge < -0.3 is 5.32 Å². The number of aromatic nitrogens is 3. The molecule has 26 heavy (non-hydrogen) atoms. The summed E-state index contributed by atoms with van der Waals surface area (Å²) in [5.74, 6) is 0.501. The number of carbonyl (C=O) groups excluding carboxylic acids is 1. The summed E-state index contributed by atoms with van der Waals surface area (Å²) in [6, 6.07) is 1.99. The minimum absolute atomic E-state index is 0.0729. The lowest BCUT2D eigenvalue weighted by molar-refractivity contribution is 0.0947. The molecule has 0 aromatic carbocycles. The van der Waals surface area contributed by atoms with Crippen molar-refractivity contribution in [3.05, 3.63) is 33.0 Å². The van der Waals surface area contributed by atoms with Gasteiger partial charge in [0.1, 0.15) is 5.69 Å². The number of aryl methyl sites for hydroxylation is 2. The van der Waals surface area contributed by atoms with E-state index in [4.69, 9.17) is 4.98 Å². The summed E-state index contributed by atoms with van der Waals surface area (Å²) in [6.45, 7) is 7.03. The molecule has 2 aromatic heterocycles. The van der Waals surface area contributed by atoms with E-state index in [0.29, 0.717) is 18.2 Å². The second-order valence-electron chi connectivity index (χ2n) is 8.50. The number of carbonyl (C=O) groups is 1. The molecule has 1 fully saturated rings. The molecule has 1 saturated carbocycles. The third-order valence-corrected chi connectivity index (χ3v) is 6.33. The Morgan fingerprint density at radius 3 is 2.77 bits per heavy atom. The maximum atomic E-state index is 12.6. The van der Waals surface area contributed by atoms with E-state index in [0.717, 1.165) is 17.8 Å². The monoisotopic (exact) mass is 372 g/mol. The van der Waals surface area contributed by atoms with E-state index in [1.54, 1.807) is 0 Å². The van der Waals surface area contributed by atoms with E-state index in [2.05, 4.69) is 31.2 Å². The molecule has 1 amide bonds. The van der Waals surface area contributed by atoms with Crippen molar-refractivity contribution in [1.29, 1.82) is 0 Å². The summed E-state index contributed by atoms with van der Waals surface area (Å²) in [6.07, 6.45) is 8.05. The van der Waals surface area contributed by atoms with Crippen LogP contribution in [0.5, 0.6) is 0 Å². The van der Waals surface area contributed by atoms with Gasteiger partial charge >= 0.3 is 0 Å². The van der Waals surface area contributed by atoms with E-state index < -0.39 is 0 Å². The summed E-state index contributed by atoms with van der Waals surface area (Å²) < 4.78 is 2.04. The average Bonchev–Trinajstić information content (AvgIpc) is 3.19. The van der Waals surface area contributed by atoms with Crippen molar-refractivity contribution in [3.8, 4) is 0 Å². The normalized spacial score (nSPS) is 17.2. The number of nitrogens with one attached hydrogen (secondary N) is 1. The summed E-state index contributed by atoms with van der Waals surface area (Å²) >= 11 is 1.82. The molecule has 0 aliphatic heterocycles. The highest BCUT2D eigenvalue weighted by Crippen LogP contribution is 2.41. The van der Waals surface area contributed by atoms with Gasteiger partial charge in [-0.2, -0.15) is 5.10 Å². The van der Waals surface area contributed by atoms with E-state index >= 15 is 0 Å². The Labute approximate surface area is 159 Å². The van der Waals surface area contributed by atoms with Crippen molar-refractivity contribution in [1.82, 2.24) is 20.1 Å². The molecular weight excluding hydrogens is 344 g/mol. The topological polar surface area (TPSA) is 59.8 Å². The third-order valence-electron chi connectivity index (χ3n) is 5.11. The van der Waals surface area contributed by atoms with Gasteiger partial charge in [-0.05, 0) is 65.4 Å². The molecule has 0 saturated heterocycles. The molecule has 4 rings (SSSR count). The highest BCUT2D eigenvalue weighted by Gasteiger charge is 2.32. The first-order valence-electron chi connectivity index (χ1n) is 9.78. The number of hydrogen-bond donors (Lipinski definition) is 1. The fraction of sp³-hybridized carbons (Fsp3) is 0.650. The molecule has 6 heteroatoms. The number of hydrogen-bond acceptors (Lipinski definition) is 4. The maximum absolute atomic E-state index is 12.6. The number of nitrogens with zero attached hydrogens (tertiary/aromatic N) is 3. The van der Waals surface area contributed by atoms with Gasteiger partial charge in [0.15, 0.2) is 0 Å². The van der Waals surface area contributed by atoms with Crippen molar-refractivity contribution in [2.24, 2.45) is 0 Å². The first-order chi connectivity index (χ1) is 12.4. The Morgan fingerprint density at radius 2 is 2.08 bits per heavy atom. The fourth-order valence-corrected chi connectivity index (χ4v) is 4.76. The Morgan fingerprint density at radius 1 is 1.31 bits per heavy atom. The van der Waals surface area contributed by atoms with E-state index in [1.807, 2.05) is 22.1 Å². The van der Waals surface area contributed by atoms with E-state index in [9.17, 15) is 4.79 Å². The standard InChI is InChI=1S/C20H28N4OS/c1-20(2,3)24-16(13-8-9-13)12-15(23-24)19(25)21-11-10-18-22-14-6-4-5-7-17(14)26-18/h12-13H,4-11H2,1-3H3,(H,21,25). The molecule has 0 unspecified atom stereocenters. The lowest BCUT2D eigenvalue weighted by atomic mass is 10.0.